The number of nitrogens with one attached hydrogen (secondary N) is 2. The van der Waals surface area contributed by atoms with E-state index in [9.17, 15) is 4.79 Å². The van der Waals surface area contributed by atoms with E-state index in [4.69, 9.17) is 20.3 Å². The van der Waals surface area contributed by atoms with Crippen LogP contribution in [0.25, 0.3) is 0 Å². The molecule has 0 aromatic carbocycles. The number of fused-ring (bicyclic) bond motifs is 3. The number of carbonyl (C=O) groups is 1. The Labute approximate surface area is 150 Å². The van der Waals surface area contributed by atoms with E-state index in [1.54, 1.807) is 0 Å². The molecule has 2 aliphatic heterocycles. The molecule has 5 heteroatoms. The van der Waals surface area contributed by atoms with E-state index in [2.05, 4.69) is 20.8 Å². The molecule has 0 spiro atoms. The predicted octanol–water partition coefficient (Wildman–Crippen LogP) is 3.77. The summed E-state index contributed by atoms with van der Waals surface area (Å²) in [4.78, 5) is 12.0. The number of hydrogen-bond donors (Lipinski definition) is 2. The quantitative estimate of drug-likeness (QED) is 0.590. The van der Waals surface area contributed by atoms with Crippen molar-refractivity contribution >= 4 is 17.9 Å². The average Bonchev–Trinajstić information content (AvgIpc) is 3.15. The van der Waals surface area contributed by atoms with Gasteiger partial charge in [0.15, 0.2) is 0 Å². The van der Waals surface area contributed by atoms with Crippen LogP contribution in [-0.2, 0) is 14.3 Å². The Morgan fingerprint density at radius 1 is 1.28 bits per heavy atom. The van der Waals surface area contributed by atoms with Crippen LogP contribution in [0.5, 0.6) is 0 Å². The van der Waals surface area contributed by atoms with Crippen molar-refractivity contribution in [1.29, 1.82) is 10.8 Å². The fourth-order valence-corrected chi connectivity index (χ4v) is 6.34. The lowest BCUT2D eigenvalue weighted by molar-refractivity contribution is -0.140. The molecule has 1 saturated heterocycles. The van der Waals surface area contributed by atoms with Gasteiger partial charge in [-0.05, 0) is 69.3 Å². The number of hydrogen-bond acceptors (Lipinski definition) is 5. The Morgan fingerprint density at radius 3 is 2.68 bits per heavy atom. The van der Waals surface area contributed by atoms with E-state index in [1.807, 2.05) is 6.08 Å². The van der Waals surface area contributed by atoms with Gasteiger partial charge in [-0.3, -0.25) is 0 Å². The summed E-state index contributed by atoms with van der Waals surface area (Å²) in [6, 6.07) is 0. The van der Waals surface area contributed by atoms with Crippen LogP contribution in [0, 0.1) is 33.5 Å². The molecule has 138 valence electrons. The second-order valence-corrected chi connectivity index (χ2v) is 8.97. The summed E-state index contributed by atoms with van der Waals surface area (Å²) >= 11 is 0. The summed E-state index contributed by atoms with van der Waals surface area (Å²) in [5, 5.41) is 16.4. The second kappa shape index (κ2) is 5.26. The molecule has 0 amide bonds. The Morgan fingerprint density at radius 2 is 2.04 bits per heavy atom. The normalized spacial score (nSPS) is 49.2. The molecule has 25 heavy (non-hydrogen) atoms. The van der Waals surface area contributed by atoms with Crippen molar-refractivity contribution in [2.24, 2.45) is 22.7 Å². The van der Waals surface area contributed by atoms with Crippen LogP contribution in [0.15, 0.2) is 11.6 Å². The third-order valence-corrected chi connectivity index (χ3v) is 7.81. The molecule has 2 heterocycles. The predicted molar refractivity (Wildman–Crippen MR) is 97.2 cm³/mol. The van der Waals surface area contributed by atoms with Crippen molar-refractivity contribution in [2.75, 3.05) is 6.61 Å². The van der Waals surface area contributed by atoms with Gasteiger partial charge in [0.25, 0.3) is 0 Å². The molecule has 3 fully saturated rings. The van der Waals surface area contributed by atoms with E-state index in [0.717, 1.165) is 32.1 Å². The summed E-state index contributed by atoms with van der Waals surface area (Å²) in [6.45, 7) is 6.96. The summed E-state index contributed by atoms with van der Waals surface area (Å²) in [5.41, 5.74) is 0.738. The largest absolute Gasteiger partial charge is 0.458 e. The summed E-state index contributed by atoms with van der Waals surface area (Å²) < 4.78 is 11.6. The van der Waals surface area contributed by atoms with Crippen LogP contribution < -0.4 is 0 Å². The fourth-order valence-electron chi connectivity index (χ4n) is 6.34. The Bertz CT molecular complexity index is 693. The van der Waals surface area contributed by atoms with Gasteiger partial charge in [-0.1, -0.05) is 6.92 Å². The lowest BCUT2D eigenvalue weighted by atomic mass is 9.45. The lowest BCUT2D eigenvalue weighted by Gasteiger charge is -2.60. The molecular formula is C20H30N2O3. The lowest BCUT2D eigenvalue weighted by Crippen LogP contribution is -2.59. The number of ether oxygens (including phenoxy) is 2. The molecule has 2 saturated carbocycles. The summed E-state index contributed by atoms with van der Waals surface area (Å²) in [7, 11) is 0. The van der Waals surface area contributed by atoms with Gasteiger partial charge >= 0.3 is 5.97 Å². The maximum atomic E-state index is 12.0. The first-order chi connectivity index (χ1) is 11.7. The number of esters is 1. The van der Waals surface area contributed by atoms with E-state index < -0.39 is 5.41 Å². The molecule has 4 aliphatic rings. The molecular weight excluding hydrogens is 316 g/mol. The van der Waals surface area contributed by atoms with Crippen molar-refractivity contribution < 1.29 is 15.7 Å². The molecule has 4 rings (SSSR count). The minimum absolute atomic E-state index is 0. The van der Waals surface area contributed by atoms with Crippen LogP contribution in [-0.4, -0.2) is 36.2 Å². The molecule has 6 atom stereocenters. The smallest absolute Gasteiger partial charge is 0.336 e. The maximum absolute atomic E-state index is 12.0. The van der Waals surface area contributed by atoms with Crippen molar-refractivity contribution in [3.63, 3.8) is 0 Å². The van der Waals surface area contributed by atoms with Crippen LogP contribution in [0.3, 0.4) is 0 Å². The van der Waals surface area contributed by atoms with Crippen molar-refractivity contribution in [3.05, 3.63) is 11.6 Å². The molecule has 0 aromatic rings. The van der Waals surface area contributed by atoms with Gasteiger partial charge in [-0.25, -0.2) is 4.79 Å². The summed E-state index contributed by atoms with van der Waals surface area (Å²) in [5.74, 6) is 0.401. The topological polar surface area (TPSA) is 83.2 Å². The van der Waals surface area contributed by atoms with Crippen LogP contribution in [0.1, 0.15) is 54.3 Å². The van der Waals surface area contributed by atoms with Gasteiger partial charge in [0.05, 0.1) is 17.3 Å². The van der Waals surface area contributed by atoms with E-state index in [1.165, 1.54) is 6.21 Å². The number of carbonyl (C=O) groups excluding carboxylic acids is 1. The van der Waals surface area contributed by atoms with Crippen molar-refractivity contribution in [3.8, 4) is 0 Å². The number of cyclic esters (lactones) is 1. The SMILES string of the molecule is C[C@@]12CCC(=N)[C@@](C)(C=N)[C@H]1CC[C@@]1(C)O[C@H](C3=CCOC3=O)C[C@@H]21.[HH]. The van der Waals surface area contributed by atoms with E-state index in [-0.39, 0.29) is 24.5 Å². The van der Waals surface area contributed by atoms with Crippen LogP contribution in [0.2, 0.25) is 0 Å². The van der Waals surface area contributed by atoms with Gasteiger partial charge in [0.1, 0.15) is 6.61 Å². The Kier molecular flexibility index (Phi) is 3.56. The molecule has 2 N–H and O–H groups in total. The average molecular weight is 346 g/mol. The Hall–Kier alpha value is -1.49. The molecule has 2 aliphatic carbocycles. The van der Waals surface area contributed by atoms with Gasteiger partial charge in [0, 0.05) is 18.8 Å². The first-order valence-electron chi connectivity index (χ1n) is 9.39. The Balaban J connectivity index is 0.00000196. The number of rotatable bonds is 2. The minimum Gasteiger partial charge on any atom is -0.458 e. The third kappa shape index (κ3) is 2.14. The van der Waals surface area contributed by atoms with Crippen LogP contribution in [0.4, 0.5) is 0 Å². The van der Waals surface area contributed by atoms with Crippen molar-refractivity contribution in [2.45, 2.75) is 64.6 Å². The highest BCUT2D eigenvalue weighted by atomic mass is 16.5. The molecule has 5 nitrogen and oxygen atoms in total. The fraction of sp³-hybridized carbons (Fsp3) is 0.750. The minimum atomic E-state index is -0.446. The molecule has 0 radical (unpaired) electrons. The zero-order valence-electron chi connectivity index (χ0n) is 15.4. The molecule has 0 unspecified atom stereocenters. The monoisotopic (exact) mass is 346 g/mol. The second-order valence-electron chi connectivity index (χ2n) is 8.97. The third-order valence-electron chi connectivity index (χ3n) is 7.81. The highest BCUT2D eigenvalue weighted by molar-refractivity contribution is 6.01. The first-order valence-corrected chi connectivity index (χ1v) is 9.39. The van der Waals surface area contributed by atoms with Gasteiger partial charge in [-0.2, -0.15) is 0 Å². The summed E-state index contributed by atoms with van der Waals surface area (Å²) in [6.07, 6.45) is 7.65. The van der Waals surface area contributed by atoms with Gasteiger partial charge in [-0.15, -0.1) is 0 Å². The highest BCUT2D eigenvalue weighted by Crippen LogP contribution is 2.65. The van der Waals surface area contributed by atoms with Gasteiger partial charge < -0.3 is 20.3 Å². The van der Waals surface area contributed by atoms with Crippen molar-refractivity contribution in [1.82, 2.24) is 0 Å². The van der Waals surface area contributed by atoms with E-state index in [0.29, 0.717) is 29.7 Å². The highest BCUT2D eigenvalue weighted by Gasteiger charge is 2.64. The van der Waals surface area contributed by atoms with E-state index >= 15 is 0 Å². The first kappa shape index (κ1) is 17.0. The van der Waals surface area contributed by atoms with Crippen LogP contribution >= 0.6 is 0 Å². The molecule has 0 aromatic heterocycles. The zero-order chi connectivity index (χ0) is 18.0. The standard InChI is InChI=1S/C20H28N2O3.H2/c1-18-7-5-16(22)19(2,11-21)14(18)4-8-20(3)15(18)10-13(25-20)12-6-9-24-17(12)23;/h6,11,13-15,21-22H,4-5,7-10H2,1-3H3;1H/t13-,14-,15-,18+,19-,20+;/m0./s1. The molecule has 0 bridgehead atoms. The zero-order valence-corrected chi connectivity index (χ0v) is 15.4. The van der Waals surface area contributed by atoms with Gasteiger partial charge in [0.2, 0.25) is 0 Å². The maximum Gasteiger partial charge on any atom is 0.336 e.